The van der Waals surface area contributed by atoms with Crippen molar-refractivity contribution in [2.45, 2.75) is 102 Å². The van der Waals surface area contributed by atoms with Gasteiger partial charge in [0, 0.05) is 30.1 Å². The van der Waals surface area contributed by atoms with E-state index in [0.29, 0.717) is 22.9 Å². The van der Waals surface area contributed by atoms with E-state index in [2.05, 4.69) is 42.0 Å². The molecule has 0 saturated carbocycles. The fraction of sp³-hybridized carbons (Fsp3) is 0.622. The van der Waals surface area contributed by atoms with Gasteiger partial charge in [0.15, 0.2) is 0 Å². The summed E-state index contributed by atoms with van der Waals surface area (Å²) in [5.41, 5.74) is -1.65. The van der Waals surface area contributed by atoms with Gasteiger partial charge < -0.3 is 34.4 Å². The average molecular weight is 745 g/mol. The lowest BCUT2D eigenvalue weighted by Gasteiger charge is -2.46. The number of amides is 3. The number of aliphatic hydroxyl groups excluding tert-OH is 1. The topological polar surface area (TPSA) is 135 Å². The summed E-state index contributed by atoms with van der Waals surface area (Å²) >= 11 is 3.61. The molecule has 1 spiro atoms. The number of fused-ring (bicyclic) bond motifs is 2. The molecule has 5 rings (SSSR count). The molecule has 49 heavy (non-hydrogen) atoms. The third kappa shape index (κ3) is 7.11. The summed E-state index contributed by atoms with van der Waals surface area (Å²) in [6.07, 6.45) is 4.93. The van der Waals surface area contributed by atoms with Crippen LogP contribution in [0.2, 0.25) is 0 Å². The molecule has 1 aromatic rings. The summed E-state index contributed by atoms with van der Waals surface area (Å²) in [5.74, 6) is -3.92. The van der Waals surface area contributed by atoms with Crippen LogP contribution in [0.15, 0.2) is 53.0 Å². The summed E-state index contributed by atoms with van der Waals surface area (Å²) in [7, 11) is 1.51. The van der Waals surface area contributed by atoms with E-state index < -0.39 is 65.2 Å². The highest BCUT2D eigenvalue weighted by molar-refractivity contribution is 9.11. The molecule has 4 heterocycles. The number of rotatable bonds is 7. The zero-order chi connectivity index (χ0) is 35.9. The minimum Gasteiger partial charge on any atom is -0.455 e. The number of methoxy groups -OCH3 is 1. The van der Waals surface area contributed by atoms with E-state index in [1.165, 1.54) is 12.0 Å². The number of hydrogen-bond donors (Lipinski definition) is 2. The van der Waals surface area contributed by atoms with Crippen molar-refractivity contribution in [3.63, 3.8) is 0 Å². The van der Waals surface area contributed by atoms with Crippen LogP contribution in [0.5, 0.6) is 0 Å². The van der Waals surface area contributed by atoms with E-state index in [1.807, 2.05) is 44.2 Å². The molecule has 0 aromatic heterocycles. The van der Waals surface area contributed by atoms with Crippen LogP contribution in [-0.2, 0) is 33.4 Å². The quantitative estimate of drug-likeness (QED) is 0.316. The summed E-state index contributed by atoms with van der Waals surface area (Å²) in [6.45, 7) is 11.9. The van der Waals surface area contributed by atoms with Crippen molar-refractivity contribution in [1.29, 1.82) is 0 Å². The number of aliphatic hydroxyl groups is 1. The predicted octanol–water partition coefficient (Wildman–Crippen LogP) is 4.05. The van der Waals surface area contributed by atoms with Gasteiger partial charge in [-0.25, -0.2) is 0 Å². The first-order valence-corrected chi connectivity index (χ1v) is 17.8. The van der Waals surface area contributed by atoms with Crippen molar-refractivity contribution in [2.24, 2.45) is 17.3 Å². The van der Waals surface area contributed by atoms with Crippen LogP contribution in [0.4, 0.5) is 0 Å². The Morgan fingerprint density at radius 2 is 1.76 bits per heavy atom. The normalized spacial score (nSPS) is 32.5. The van der Waals surface area contributed by atoms with Gasteiger partial charge >= 0.3 is 5.97 Å². The maximum Gasteiger partial charge on any atom is 0.313 e. The van der Waals surface area contributed by atoms with Gasteiger partial charge in [0.05, 0.1) is 31.2 Å². The lowest BCUT2D eigenvalue weighted by atomic mass is 9.74. The molecule has 5 bridgehead atoms. The molecule has 11 nitrogen and oxygen atoms in total. The molecule has 268 valence electrons. The fourth-order valence-corrected chi connectivity index (χ4v) is 9.08. The van der Waals surface area contributed by atoms with Crippen LogP contribution >= 0.6 is 15.9 Å². The summed E-state index contributed by atoms with van der Waals surface area (Å²) in [6, 6.07) is 6.46. The van der Waals surface area contributed by atoms with Crippen molar-refractivity contribution in [1.82, 2.24) is 15.1 Å². The molecule has 0 radical (unpaired) electrons. The van der Waals surface area contributed by atoms with Crippen LogP contribution in [0.3, 0.4) is 0 Å². The minimum absolute atomic E-state index is 0.0606. The van der Waals surface area contributed by atoms with Crippen LogP contribution in [-0.4, -0.2) is 101 Å². The Kier molecular flexibility index (Phi) is 10.8. The zero-order valence-electron chi connectivity index (χ0n) is 29.5. The number of carbonyl (C=O) groups excluding carboxylic acids is 4. The second-order valence-electron chi connectivity index (χ2n) is 15.5. The molecule has 4 aliphatic rings. The molecule has 2 saturated heterocycles. The SMILES string of the molecule is COC[C@@H]1NC(=O)CC/C=C\CN(C(C)(C)CC(C)(C)C)C(=O)[C@H]2N([C@H](C)CO)C(=O)[C@@H]3[C@@H](C(=O)O[C@H]1c1ccccc1)[C@@H]1O[C@@]32C=C1Br. The Labute approximate surface area is 297 Å². The molecule has 0 aliphatic carbocycles. The Balaban J connectivity index is 1.66. The maximum absolute atomic E-state index is 15.1. The van der Waals surface area contributed by atoms with Gasteiger partial charge in [-0.2, -0.15) is 0 Å². The Hall–Kier alpha value is -3.06. The van der Waals surface area contributed by atoms with E-state index in [-0.39, 0.29) is 43.4 Å². The number of benzene rings is 1. The van der Waals surface area contributed by atoms with Gasteiger partial charge in [0.1, 0.15) is 29.8 Å². The molecule has 0 unspecified atom stereocenters. The lowest BCUT2D eigenvalue weighted by molar-refractivity contribution is -0.163. The second-order valence-corrected chi connectivity index (χ2v) is 16.4. The highest BCUT2D eigenvalue weighted by atomic mass is 79.9. The first-order chi connectivity index (χ1) is 23.1. The number of hydrogen-bond acceptors (Lipinski definition) is 8. The molecule has 3 amide bonds. The fourth-order valence-electron chi connectivity index (χ4n) is 8.35. The Morgan fingerprint density at radius 1 is 1.06 bits per heavy atom. The average Bonchev–Trinajstić information content (AvgIpc) is 3.62. The molecular formula is C37H50BrN3O8. The van der Waals surface area contributed by atoms with Crippen LogP contribution in [0, 0.1) is 17.3 Å². The second kappa shape index (κ2) is 14.3. The predicted molar refractivity (Wildman–Crippen MR) is 186 cm³/mol. The smallest absolute Gasteiger partial charge is 0.313 e. The summed E-state index contributed by atoms with van der Waals surface area (Å²) in [5, 5.41) is 13.4. The molecule has 1 aromatic carbocycles. The Bertz CT molecular complexity index is 1490. The van der Waals surface area contributed by atoms with Crippen molar-refractivity contribution in [3.05, 3.63) is 58.6 Å². The van der Waals surface area contributed by atoms with Gasteiger partial charge in [-0.15, -0.1) is 0 Å². The number of carbonyl (C=O) groups is 4. The number of ether oxygens (including phenoxy) is 3. The van der Waals surface area contributed by atoms with Gasteiger partial charge in [-0.05, 0) is 50.7 Å². The van der Waals surface area contributed by atoms with E-state index in [1.54, 1.807) is 30.0 Å². The lowest BCUT2D eigenvalue weighted by Crippen LogP contribution is -2.62. The molecule has 2 fully saturated rings. The first-order valence-electron chi connectivity index (χ1n) is 17.1. The standard InChI is InChI=1S/C37H50BrN3O8/c1-22(19-42)41-31-33(45)40(36(5,6)21-35(2,3)4)17-13-9-12-16-26(43)39-25(20-47-7)29(23-14-10-8-11-15-23)48-34(46)27-28(32(41)44)37(31)18-24(38)30(27)49-37/h8-11,13-15,18,22,25,27-31,42H,12,16-17,19-21H2,1-7H3,(H,39,43)/b13-9-/t22-,25+,27-,28+,29+,30-,31-,37+/m1/s1. The number of likely N-dealkylation sites (tertiary alicyclic amines) is 1. The number of nitrogens with one attached hydrogen (secondary N) is 1. The molecule has 4 aliphatic heterocycles. The van der Waals surface area contributed by atoms with E-state index in [4.69, 9.17) is 14.2 Å². The van der Waals surface area contributed by atoms with Crippen LogP contribution in [0.1, 0.15) is 72.5 Å². The van der Waals surface area contributed by atoms with Gasteiger partial charge in [0.2, 0.25) is 17.7 Å². The van der Waals surface area contributed by atoms with Crippen molar-refractivity contribution < 1.29 is 38.5 Å². The van der Waals surface area contributed by atoms with Crippen molar-refractivity contribution in [2.75, 3.05) is 26.9 Å². The van der Waals surface area contributed by atoms with Crippen LogP contribution < -0.4 is 5.32 Å². The zero-order valence-corrected chi connectivity index (χ0v) is 31.1. The third-order valence-corrected chi connectivity index (χ3v) is 10.7. The van der Waals surface area contributed by atoms with E-state index >= 15 is 4.79 Å². The van der Waals surface area contributed by atoms with Crippen molar-refractivity contribution in [3.8, 4) is 0 Å². The molecule has 12 heteroatoms. The highest BCUT2D eigenvalue weighted by Crippen LogP contribution is 2.59. The molecular weight excluding hydrogens is 694 g/mol. The van der Waals surface area contributed by atoms with Gasteiger partial charge in [-0.3, -0.25) is 19.2 Å². The number of allylic oxidation sites excluding steroid dienone is 1. The first kappa shape index (κ1) is 37.2. The molecule has 8 atom stereocenters. The highest BCUT2D eigenvalue weighted by Gasteiger charge is 2.75. The Morgan fingerprint density at radius 3 is 2.39 bits per heavy atom. The van der Waals surface area contributed by atoms with Gasteiger partial charge in [-0.1, -0.05) is 79.2 Å². The number of esters is 1. The third-order valence-electron chi connectivity index (χ3n) is 9.99. The monoisotopic (exact) mass is 743 g/mol. The number of cyclic esters (lactones) is 1. The van der Waals surface area contributed by atoms with Crippen molar-refractivity contribution >= 4 is 39.6 Å². The summed E-state index contributed by atoms with van der Waals surface area (Å²) < 4.78 is 19.0. The summed E-state index contributed by atoms with van der Waals surface area (Å²) in [4.78, 5) is 60.6. The number of nitrogens with zero attached hydrogens (tertiary/aromatic N) is 2. The van der Waals surface area contributed by atoms with Crippen LogP contribution in [0.25, 0.3) is 0 Å². The molecule has 2 N–H and O–H groups in total. The van der Waals surface area contributed by atoms with E-state index in [0.717, 1.165) is 0 Å². The van der Waals surface area contributed by atoms with E-state index in [9.17, 15) is 19.5 Å². The van der Waals surface area contributed by atoms with Gasteiger partial charge in [0.25, 0.3) is 0 Å². The largest absolute Gasteiger partial charge is 0.455 e. The minimum atomic E-state index is -1.49. The maximum atomic E-state index is 15.1. The number of halogens is 1.